The Hall–Kier alpha value is -1.38. The zero-order valence-corrected chi connectivity index (χ0v) is 14.0. The molecule has 1 heterocycles. The first-order valence-electron chi connectivity index (χ1n) is 8.08. The van der Waals surface area contributed by atoms with E-state index in [4.69, 9.17) is 26.0 Å². The Labute approximate surface area is 148 Å². The molecule has 2 aliphatic rings. The molecule has 10 atom stereocenters. The van der Waals surface area contributed by atoms with E-state index in [1.807, 2.05) is 0 Å². The Kier molecular flexibility index (Phi) is 6.52. The number of amidine groups is 1. The Morgan fingerprint density at radius 1 is 1.08 bits per heavy atom. The van der Waals surface area contributed by atoms with Gasteiger partial charge in [-0.25, -0.2) is 4.79 Å². The number of ether oxygens (including phenoxy) is 2. The van der Waals surface area contributed by atoms with E-state index in [2.05, 4.69) is 4.99 Å². The molecule has 3 unspecified atom stereocenters. The lowest BCUT2D eigenvalue weighted by atomic mass is 9.84. The van der Waals surface area contributed by atoms with Gasteiger partial charge in [0.2, 0.25) is 5.84 Å². The topological polar surface area (TPSA) is 221 Å². The van der Waals surface area contributed by atoms with E-state index < -0.39 is 72.9 Å². The maximum atomic E-state index is 10.8. The van der Waals surface area contributed by atoms with Crippen LogP contribution >= 0.6 is 0 Å². The van der Waals surface area contributed by atoms with Crippen molar-refractivity contribution < 1.29 is 44.9 Å². The summed E-state index contributed by atoms with van der Waals surface area (Å²) in [4.78, 5) is 14.6. The first-order chi connectivity index (χ1) is 12.0. The molecule has 0 bridgehead atoms. The van der Waals surface area contributed by atoms with Crippen LogP contribution in [0.5, 0.6) is 0 Å². The van der Waals surface area contributed by atoms with Crippen LogP contribution in [-0.4, -0.2) is 104 Å². The third kappa shape index (κ3) is 4.13. The van der Waals surface area contributed by atoms with Crippen molar-refractivity contribution in [1.29, 1.82) is 0 Å². The van der Waals surface area contributed by atoms with Crippen molar-refractivity contribution in [3.05, 3.63) is 0 Å². The van der Waals surface area contributed by atoms with E-state index in [9.17, 15) is 30.3 Å². The monoisotopic (exact) mass is 379 g/mol. The average Bonchev–Trinajstić information content (AvgIpc) is 2.58. The summed E-state index contributed by atoms with van der Waals surface area (Å²) in [7, 11) is 0. The summed E-state index contributed by atoms with van der Waals surface area (Å²) >= 11 is 0. The Bertz CT molecular complexity index is 532. The molecule has 0 radical (unpaired) electrons. The molecule has 2 rings (SSSR count). The number of hydrogen-bond acceptors (Lipinski definition) is 10. The highest BCUT2D eigenvalue weighted by molar-refractivity contribution is 6.33. The maximum absolute atomic E-state index is 10.8. The predicted octanol–water partition coefficient (Wildman–Crippen LogP) is -4.54. The number of aliphatic hydroxyl groups is 5. The predicted molar refractivity (Wildman–Crippen MR) is 84.9 cm³/mol. The molecule has 1 aliphatic carbocycles. The van der Waals surface area contributed by atoms with Gasteiger partial charge in [-0.1, -0.05) is 0 Å². The van der Waals surface area contributed by atoms with Gasteiger partial charge < -0.3 is 51.6 Å². The molecule has 0 aromatic carbocycles. The number of carboxylic acids is 1. The summed E-state index contributed by atoms with van der Waals surface area (Å²) in [5.41, 5.74) is 11.2. The molecule has 12 nitrogen and oxygen atoms in total. The molecule has 0 amide bonds. The van der Waals surface area contributed by atoms with E-state index >= 15 is 0 Å². The minimum atomic E-state index is -1.74. The van der Waals surface area contributed by atoms with Crippen LogP contribution in [-0.2, 0) is 14.3 Å². The standard InChI is InChI=1S/C14H25N3O9/c1-3-5(17-12(16)13(23)24)2-4(15)14(25-3)26-11-9(21)7(19)6(18)8(20)10(11)22/h3-11,14,18-22H,2,15H2,1H3,(H2,16,17)(H,23,24)/t3-,4+,5?,6?,7+,8+,9-,10+,11?,14-/m1/s1. The van der Waals surface area contributed by atoms with Gasteiger partial charge in [0.1, 0.15) is 36.6 Å². The maximum Gasteiger partial charge on any atom is 0.370 e. The summed E-state index contributed by atoms with van der Waals surface area (Å²) in [6.07, 6.45) is -11.7. The van der Waals surface area contributed by atoms with Crippen molar-refractivity contribution in [3.8, 4) is 0 Å². The highest BCUT2D eigenvalue weighted by atomic mass is 16.7. The van der Waals surface area contributed by atoms with Crippen LogP contribution in [0.3, 0.4) is 0 Å². The summed E-state index contributed by atoms with van der Waals surface area (Å²) in [5, 5.41) is 57.8. The highest BCUT2D eigenvalue weighted by Crippen LogP contribution is 2.29. The third-order valence-corrected chi connectivity index (χ3v) is 4.64. The number of carboxylic acid groups (broad SMARTS) is 1. The SMILES string of the molecule is C[C@H]1O[C@H](OC2[C@@H](O)[C@@H](O)C(O)[C@H](O)[C@H]2O)[C@@H](N)CC1N=C(N)C(=O)O. The van der Waals surface area contributed by atoms with E-state index in [1.54, 1.807) is 6.92 Å². The quantitative estimate of drug-likeness (QED) is 0.172. The van der Waals surface area contributed by atoms with Gasteiger partial charge in [0.25, 0.3) is 0 Å². The molecular formula is C14H25N3O9. The molecule has 10 N–H and O–H groups in total. The first-order valence-corrected chi connectivity index (χ1v) is 8.08. The zero-order chi connectivity index (χ0) is 19.8. The van der Waals surface area contributed by atoms with Gasteiger partial charge in [-0.2, -0.15) is 0 Å². The fraction of sp³-hybridized carbons (Fsp3) is 0.857. The summed E-state index contributed by atoms with van der Waals surface area (Å²) in [5.74, 6) is -1.96. The lowest BCUT2D eigenvalue weighted by Gasteiger charge is -2.45. The minimum absolute atomic E-state index is 0.145. The fourth-order valence-corrected chi connectivity index (χ4v) is 3.02. The molecule has 2 fully saturated rings. The van der Waals surface area contributed by atoms with Crippen molar-refractivity contribution in [2.24, 2.45) is 16.5 Å². The van der Waals surface area contributed by atoms with Crippen LogP contribution in [0.4, 0.5) is 0 Å². The Morgan fingerprint density at radius 2 is 1.58 bits per heavy atom. The number of aliphatic imine (C=N–C) groups is 1. The van der Waals surface area contributed by atoms with Gasteiger partial charge >= 0.3 is 5.97 Å². The number of aliphatic carboxylic acids is 1. The normalized spacial score (nSPS) is 47.6. The molecule has 1 aliphatic heterocycles. The second kappa shape index (κ2) is 8.10. The van der Waals surface area contributed by atoms with E-state index in [1.165, 1.54) is 0 Å². The van der Waals surface area contributed by atoms with E-state index in [0.717, 1.165) is 0 Å². The summed E-state index contributed by atoms with van der Waals surface area (Å²) in [6, 6.07) is -1.46. The number of hydrogen-bond donors (Lipinski definition) is 8. The molecule has 26 heavy (non-hydrogen) atoms. The highest BCUT2D eigenvalue weighted by Gasteiger charge is 2.50. The van der Waals surface area contributed by atoms with Gasteiger partial charge in [0.15, 0.2) is 6.29 Å². The Balaban J connectivity index is 2.07. The van der Waals surface area contributed by atoms with Gasteiger partial charge in [-0.15, -0.1) is 0 Å². The van der Waals surface area contributed by atoms with Crippen molar-refractivity contribution in [3.63, 3.8) is 0 Å². The molecule has 12 heteroatoms. The summed E-state index contributed by atoms with van der Waals surface area (Å²) < 4.78 is 11.0. The average molecular weight is 379 g/mol. The van der Waals surface area contributed by atoms with Crippen LogP contribution in [0.1, 0.15) is 13.3 Å². The van der Waals surface area contributed by atoms with Gasteiger partial charge in [0, 0.05) is 0 Å². The second-order valence-corrected chi connectivity index (χ2v) is 6.55. The van der Waals surface area contributed by atoms with Crippen LogP contribution < -0.4 is 11.5 Å². The number of nitrogens with two attached hydrogens (primary N) is 2. The van der Waals surface area contributed by atoms with Gasteiger partial charge in [-0.05, 0) is 13.3 Å². The van der Waals surface area contributed by atoms with Crippen LogP contribution in [0.2, 0.25) is 0 Å². The molecule has 0 spiro atoms. The molecular weight excluding hydrogens is 354 g/mol. The van der Waals surface area contributed by atoms with Gasteiger partial charge in [-0.3, -0.25) is 4.99 Å². The van der Waals surface area contributed by atoms with E-state index in [0.29, 0.717) is 0 Å². The molecule has 0 aromatic rings. The minimum Gasteiger partial charge on any atom is -0.475 e. The molecule has 150 valence electrons. The van der Waals surface area contributed by atoms with Gasteiger partial charge in [0.05, 0.1) is 18.2 Å². The molecule has 1 saturated heterocycles. The van der Waals surface area contributed by atoms with Crippen molar-refractivity contribution in [1.82, 2.24) is 0 Å². The first kappa shape index (κ1) is 20.9. The van der Waals surface area contributed by atoms with Crippen molar-refractivity contribution in [2.45, 2.75) is 74.4 Å². The number of rotatable bonds is 3. The number of carbonyl (C=O) groups is 1. The lowest BCUT2D eigenvalue weighted by Crippen LogP contribution is -2.66. The largest absolute Gasteiger partial charge is 0.475 e. The fourth-order valence-electron chi connectivity index (χ4n) is 3.02. The zero-order valence-electron chi connectivity index (χ0n) is 14.0. The molecule has 0 aromatic heterocycles. The second-order valence-electron chi connectivity index (χ2n) is 6.55. The Morgan fingerprint density at radius 3 is 2.08 bits per heavy atom. The van der Waals surface area contributed by atoms with Crippen molar-refractivity contribution in [2.75, 3.05) is 0 Å². The smallest absolute Gasteiger partial charge is 0.370 e. The summed E-state index contributed by atoms with van der Waals surface area (Å²) in [6.45, 7) is 1.59. The third-order valence-electron chi connectivity index (χ3n) is 4.64. The number of aliphatic hydroxyl groups excluding tert-OH is 5. The lowest BCUT2D eigenvalue weighted by molar-refractivity contribution is -0.293. The molecule has 1 saturated carbocycles. The van der Waals surface area contributed by atoms with Crippen molar-refractivity contribution >= 4 is 11.8 Å². The van der Waals surface area contributed by atoms with Crippen LogP contribution in [0, 0.1) is 0 Å². The van der Waals surface area contributed by atoms with E-state index in [-0.39, 0.29) is 6.42 Å². The van der Waals surface area contributed by atoms with Crippen LogP contribution in [0.15, 0.2) is 4.99 Å². The van der Waals surface area contributed by atoms with Crippen LogP contribution in [0.25, 0.3) is 0 Å². The number of nitrogens with zero attached hydrogens (tertiary/aromatic N) is 1.